The fourth-order valence-corrected chi connectivity index (χ4v) is 4.55. The predicted molar refractivity (Wildman–Crippen MR) is 89.3 cm³/mol. The molecule has 0 saturated carbocycles. The maximum absolute atomic E-state index is 2.80. The van der Waals surface area contributed by atoms with E-state index < -0.39 is 0 Å². The Bertz CT molecular complexity index is 393. The van der Waals surface area contributed by atoms with E-state index in [-0.39, 0.29) is 0 Å². The highest BCUT2D eigenvalue weighted by Gasteiger charge is 2.46. The van der Waals surface area contributed by atoms with Gasteiger partial charge in [0.2, 0.25) is 0 Å². The highest BCUT2D eigenvalue weighted by molar-refractivity contribution is 5.51. The minimum Gasteiger partial charge on any atom is -0.363 e. The highest BCUT2D eigenvalue weighted by atomic mass is 15.2. The van der Waals surface area contributed by atoms with Gasteiger partial charge in [0.05, 0.1) is 0 Å². The Balaban J connectivity index is 2.48. The molecule has 0 N–H and O–H groups in total. The van der Waals surface area contributed by atoms with E-state index in [9.17, 15) is 0 Å². The van der Waals surface area contributed by atoms with Gasteiger partial charge in [-0.3, -0.25) is 0 Å². The summed E-state index contributed by atoms with van der Waals surface area (Å²) in [6.45, 7) is 9.50. The van der Waals surface area contributed by atoms with E-state index in [1.165, 1.54) is 44.2 Å². The Morgan fingerprint density at radius 2 is 1.60 bits per heavy atom. The summed E-state index contributed by atoms with van der Waals surface area (Å²) < 4.78 is 0. The van der Waals surface area contributed by atoms with E-state index in [0.717, 1.165) is 5.92 Å². The molecule has 0 amide bonds. The molecule has 0 aromatic heterocycles. The van der Waals surface area contributed by atoms with Crippen LogP contribution >= 0.6 is 0 Å². The zero-order chi connectivity index (χ0) is 14.6. The van der Waals surface area contributed by atoms with Gasteiger partial charge in [-0.05, 0) is 50.2 Å². The van der Waals surface area contributed by atoms with Crippen molar-refractivity contribution in [2.45, 2.75) is 77.8 Å². The number of anilines is 1. The lowest BCUT2D eigenvalue weighted by Crippen LogP contribution is -2.61. The molecule has 2 rings (SSSR count). The summed E-state index contributed by atoms with van der Waals surface area (Å²) in [6.07, 6.45) is 7.83. The van der Waals surface area contributed by atoms with Crippen LogP contribution in [0.4, 0.5) is 5.69 Å². The van der Waals surface area contributed by atoms with E-state index in [4.69, 9.17) is 0 Å². The Morgan fingerprint density at radius 3 is 2.10 bits per heavy atom. The average molecular weight is 273 g/mol. The number of para-hydroxylation sites is 1. The molecule has 1 fully saturated rings. The molecule has 1 aromatic carbocycles. The second kappa shape index (κ2) is 6.65. The summed E-state index contributed by atoms with van der Waals surface area (Å²) in [5.41, 5.74) is 1.79. The molecule has 1 saturated heterocycles. The number of nitrogens with zero attached hydrogens (tertiary/aromatic N) is 1. The summed E-state index contributed by atoms with van der Waals surface area (Å²) in [5.74, 6) is 0.834. The molecule has 1 aromatic rings. The second-order valence-corrected chi connectivity index (χ2v) is 6.26. The molecule has 1 aliphatic rings. The first-order valence-corrected chi connectivity index (χ1v) is 8.57. The third-order valence-electron chi connectivity index (χ3n) is 5.68. The van der Waals surface area contributed by atoms with Gasteiger partial charge in [-0.25, -0.2) is 0 Å². The third kappa shape index (κ3) is 2.47. The maximum atomic E-state index is 2.80. The molecule has 2 atom stereocenters. The molecular formula is C19H31N. The molecule has 0 spiro atoms. The van der Waals surface area contributed by atoms with Crippen LogP contribution in [-0.2, 0) is 0 Å². The van der Waals surface area contributed by atoms with Gasteiger partial charge in [-0.1, -0.05) is 52.3 Å². The summed E-state index contributed by atoms with van der Waals surface area (Å²) in [5, 5.41) is 0. The van der Waals surface area contributed by atoms with Crippen molar-refractivity contribution in [1.82, 2.24) is 0 Å². The summed E-state index contributed by atoms with van der Waals surface area (Å²) in [4.78, 5) is 2.80. The van der Waals surface area contributed by atoms with E-state index in [0.29, 0.717) is 11.6 Å². The largest absolute Gasteiger partial charge is 0.363 e. The first-order valence-electron chi connectivity index (χ1n) is 8.57. The Morgan fingerprint density at radius 1 is 0.950 bits per heavy atom. The van der Waals surface area contributed by atoms with Crippen molar-refractivity contribution in [2.75, 3.05) is 4.90 Å². The van der Waals surface area contributed by atoms with Crippen LogP contribution in [0.15, 0.2) is 30.3 Å². The van der Waals surface area contributed by atoms with Crippen LogP contribution in [0, 0.1) is 5.92 Å². The molecular weight excluding hydrogens is 242 g/mol. The zero-order valence-electron chi connectivity index (χ0n) is 13.7. The van der Waals surface area contributed by atoms with E-state index in [1.54, 1.807) is 0 Å². The van der Waals surface area contributed by atoms with Crippen LogP contribution in [0.5, 0.6) is 0 Å². The quantitative estimate of drug-likeness (QED) is 0.670. The van der Waals surface area contributed by atoms with Gasteiger partial charge in [0.1, 0.15) is 0 Å². The molecule has 0 radical (unpaired) electrons. The smallest absolute Gasteiger partial charge is 0.0428 e. The summed E-state index contributed by atoms with van der Waals surface area (Å²) >= 11 is 0. The molecule has 112 valence electrons. The SMILES string of the molecule is CCC1CCC(CC)C(CC)(CC)N1c1ccccc1. The van der Waals surface area contributed by atoms with E-state index >= 15 is 0 Å². The van der Waals surface area contributed by atoms with Crippen molar-refractivity contribution >= 4 is 5.69 Å². The lowest BCUT2D eigenvalue weighted by Gasteiger charge is -2.57. The van der Waals surface area contributed by atoms with Crippen LogP contribution in [-0.4, -0.2) is 11.6 Å². The van der Waals surface area contributed by atoms with Crippen LogP contribution < -0.4 is 4.90 Å². The Kier molecular flexibility index (Phi) is 5.12. The van der Waals surface area contributed by atoms with Crippen molar-refractivity contribution in [2.24, 2.45) is 5.92 Å². The van der Waals surface area contributed by atoms with Gasteiger partial charge in [0, 0.05) is 17.3 Å². The predicted octanol–water partition coefficient (Wildman–Crippen LogP) is 5.65. The van der Waals surface area contributed by atoms with Crippen LogP contribution in [0.25, 0.3) is 0 Å². The average Bonchev–Trinajstić information content (AvgIpc) is 2.53. The standard InChI is InChI=1S/C19H31N/c1-5-16-14-15-17(6-2)20(19(16,7-3)8-4)18-12-10-9-11-13-18/h9-13,16-17H,5-8,14-15H2,1-4H3. The minimum atomic E-state index is 0.356. The van der Waals surface area contributed by atoms with Gasteiger partial charge in [-0.2, -0.15) is 0 Å². The zero-order valence-corrected chi connectivity index (χ0v) is 13.7. The molecule has 1 heterocycles. The highest BCUT2D eigenvalue weighted by Crippen LogP contribution is 2.46. The van der Waals surface area contributed by atoms with Crippen molar-refractivity contribution < 1.29 is 0 Å². The van der Waals surface area contributed by atoms with Crippen molar-refractivity contribution in [3.63, 3.8) is 0 Å². The number of hydrogen-bond acceptors (Lipinski definition) is 1. The van der Waals surface area contributed by atoms with Crippen LogP contribution in [0.2, 0.25) is 0 Å². The molecule has 0 aliphatic carbocycles. The molecule has 20 heavy (non-hydrogen) atoms. The van der Waals surface area contributed by atoms with Gasteiger partial charge < -0.3 is 4.90 Å². The fraction of sp³-hybridized carbons (Fsp3) is 0.684. The van der Waals surface area contributed by atoms with Crippen molar-refractivity contribution in [1.29, 1.82) is 0 Å². The Labute approximate surface area is 125 Å². The monoisotopic (exact) mass is 273 g/mol. The van der Waals surface area contributed by atoms with Gasteiger partial charge >= 0.3 is 0 Å². The second-order valence-electron chi connectivity index (χ2n) is 6.26. The molecule has 1 aliphatic heterocycles. The summed E-state index contributed by atoms with van der Waals surface area (Å²) in [7, 11) is 0. The molecule has 0 bridgehead atoms. The maximum Gasteiger partial charge on any atom is 0.0428 e. The number of hydrogen-bond donors (Lipinski definition) is 0. The number of rotatable bonds is 5. The van der Waals surface area contributed by atoms with Gasteiger partial charge in [0.25, 0.3) is 0 Å². The lowest BCUT2D eigenvalue weighted by atomic mass is 9.69. The van der Waals surface area contributed by atoms with Crippen LogP contribution in [0.1, 0.15) is 66.2 Å². The van der Waals surface area contributed by atoms with Crippen LogP contribution in [0.3, 0.4) is 0 Å². The van der Waals surface area contributed by atoms with Gasteiger partial charge in [-0.15, -0.1) is 0 Å². The molecule has 2 unspecified atom stereocenters. The normalized spacial score (nSPS) is 25.7. The first-order chi connectivity index (χ1) is 9.73. The van der Waals surface area contributed by atoms with E-state index in [2.05, 4.69) is 62.9 Å². The van der Waals surface area contributed by atoms with Crippen molar-refractivity contribution in [3.8, 4) is 0 Å². The summed E-state index contributed by atoms with van der Waals surface area (Å²) in [6, 6.07) is 11.8. The minimum absolute atomic E-state index is 0.356. The molecule has 1 heteroatoms. The van der Waals surface area contributed by atoms with Crippen molar-refractivity contribution in [3.05, 3.63) is 30.3 Å². The Hall–Kier alpha value is -0.980. The topological polar surface area (TPSA) is 3.24 Å². The first kappa shape index (κ1) is 15.4. The lowest BCUT2D eigenvalue weighted by molar-refractivity contribution is 0.150. The fourth-order valence-electron chi connectivity index (χ4n) is 4.55. The number of piperidine rings is 1. The third-order valence-corrected chi connectivity index (χ3v) is 5.68. The van der Waals surface area contributed by atoms with Gasteiger partial charge in [0.15, 0.2) is 0 Å². The molecule has 1 nitrogen and oxygen atoms in total. The van der Waals surface area contributed by atoms with E-state index in [1.807, 2.05) is 0 Å². The number of benzene rings is 1.